The fourth-order valence-corrected chi connectivity index (χ4v) is 3.19. The van der Waals surface area contributed by atoms with E-state index in [2.05, 4.69) is 32.0 Å². The molecule has 0 aliphatic rings. The summed E-state index contributed by atoms with van der Waals surface area (Å²) in [6, 6.07) is 10.7. The fraction of sp³-hybridized carbons (Fsp3) is 0.292. The van der Waals surface area contributed by atoms with E-state index in [0.717, 1.165) is 29.6 Å². The highest BCUT2D eigenvalue weighted by Gasteiger charge is 2.11. The zero-order chi connectivity index (χ0) is 22.2. The quantitative estimate of drug-likeness (QED) is 0.508. The molecule has 2 aromatic heterocycles. The molecule has 0 aliphatic carbocycles. The third-order valence-corrected chi connectivity index (χ3v) is 5.03. The molecule has 160 valence electrons. The minimum absolute atomic E-state index is 0.207. The van der Waals surface area contributed by atoms with Gasteiger partial charge in [0.1, 0.15) is 5.82 Å². The van der Waals surface area contributed by atoms with Crippen molar-refractivity contribution in [1.29, 1.82) is 0 Å². The molecule has 7 heteroatoms. The number of aliphatic hydroxyl groups is 1. The Morgan fingerprint density at radius 2 is 1.90 bits per heavy atom. The first kappa shape index (κ1) is 22.2. The maximum atomic E-state index is 12.4. The van der Waals surface area contributed by atoms with Gasteiger partial charge in [0.25, 0.3) is 5.91 Å². The highest BCUT2D eigenvalue weighted by Crippen LogP contribution is 2.19. The zero-order valence-electron chi connectivity index (χ0n) is 17.8. The lowest BCUT2D eigenvalue weighted by atomic mass is 10.1. The van der Waals surface area contributed by atoms with Crippen molar-refractivity contribution in [3.63, 3.8) is 0 Å². The highest BCUT2D eigenvalue weighted by molar-refractivity contribution is 5.94. The van der Waals surface area contributed by atoms with Gasteiger partial charge in [-0.25, -0.2) is 4.98 Å². The number of aliphatic hydroxyl groups excluding tert-OH is 1. The van der Waals surface area contributed by atoms with Crippen molar-refractivity contribution in [3.05, 3.63) is 65.5 Å². The van der Waals surface area contributed by atoms with Crippen LogP contribution in [-0.4, -0.2) is 58.2 Å². The number of amides is 1. The summed E-state index contributed by atoms with van der Waals surface area (Å²) in [4.78, 5) is 22.9. The zero-order valence-corrected chi connectivity index (χ0v) is 17.8. The van der Waals surface area contributed by atoms with Gasteiger partial charge in [-0.1, -0.05) is 25.7 Å². The lowest BCUT2D eigenvalue weighted by Crippen LogP contribution is -2.40. The van der Waals surface area contributed by atoms with Crippen molar-refractivity contribution < 1.29 is 9.90 Å². The molecule has 0 aliphatic heterocycles. The summed E-state index contributed by atoms with van der Waals surface area (Å²) in [6.07, 6.45) is 2.72. The summed E-state index contributed by atoms with van der Waals surface area (Å²) in [5, 5.41) is 13.7. The number of nitrogens with zero attached hydrogens (tertiary/aromatic N) is 3. The number of nitrogens with two attached hydrogens (primary N) is 1. The second-order valence-corrected chi connectivity index (χ2v) is 7.13. The summed E-state index contributed by atoms with van der Waals surface area (Å²) in [5.41, 5.74) is 8.63. The number of likely N-dealkylation sites (N-methyl/N-ethyl adjacent to an activating group) is 1. The van der Waals surface area contributed by atoms with E-state index in [1.807, 2.05) is 26.0 Å². The van der Waals surface area contributed by atoms with Crippen LogP contribution in [0.15, 0.2) is 48.8 Å². The Kier molecular flexibility index (Phi) is 7.55. The van der Waals surface area contributed by atoms with Crippen LogP contribution < -0.4 is 11.1 Å². The molecule has 3 aromatic rings. The van der Waals surface area contributed by atoms with Gasteiger partial charge in [0.15, 0.2) is 0 Å². The van der Waals surface area contributed by atoms with Crippen LogP contribution in [0, 0.1) is 11.8 Å². The standard InChI is InChI=1S/C24H27N5O2/c1-3-29(4-2)16-19(30)14-28-24(31)18-10-7-17(8-11-18)9-12-21-20-6-5-13-26-22(20)15-27-23(21)25/h5-8,10-11,13,15,19,30H,3-4,14,16H2,1-2H3,(H2,25,27)(H,28,31). The van der Waals surface area contributed by atoms with Gasteiger partial charge in [-0.3, -0.25) is 9.78 Å². The van der Waals surface area contributed by atoms with E-state index in [4.69, 9.17) is 5.73 Å². The number of aromatic nitrogens is 2. The molecular weight excluding hydrogens is 390 g/mol. The number of carbonyl (C=O) groups is 1. The average molecular weight is 418 g/mol. The molecule has 2 heterocycles. The monoisotopic (exact) mass is 417 g/mol. The van der Waals surface area contributed by atoms with Crippen LogP contribution in [0.1, 0.15) is 35.3 Å². The van der Waals surface area contributed by atoms with Gasteiger partial charge in [0, 0.05) is 35.8 Å². The summed E-state index contributed by atoms with van der Waals surface area (Å²) < 4.78 is 0. The summed E-state index contributed by atoms with van der Waals surface area (Å²) in [6.45, 7) is 6.55. The van der Waals surface area contributed by atoms with E-state index in [9.17, 15) is 9.90 Å². The van der Waals surface area contributed by atoms with Crippen LogP contribution >= 0.6 is 0 Å². The molecule has 1 unspecified atom stereocenters. The van der Waals surface area contributed by atoms with Gasteiger partial charge in [-0.05, 0) is 49.5 Å². The molecule has 0 fully saturated rings. The molecule has 0 bridgehead atoms. The maximum Gasteiger partial charge on any atom is 0.251 e. The normalized spacial score (nSPS) is 11.7. The molecule has 1 atom stereocenters. The maximum absolute atomic E-state index is 12.4. The van der Waals surface area contributed by atoms with Gasteiger partial charge < -0.3 is 21.1 Å². The van der Waals surface area contributed by atoms with Crippen molar-refractivity contribution in [2.45, 2.75) is 20.0 Å². The Balaban J connectivity index is 1.65. The number of rotatable bonds is 7. The van der Waals surface area contributed by atoms with Crippen molar-refractivity contribution >= 4 is 22.6 Å². The van der Waals surface area contributed by atoms with Crippen LogP contribution in [0.2, 0.25) is 0 Å². The predicted molar refractivity (Wildman–Crippen MR) is 123 cm³/mol. The lowest BCUT2D eigenvalue weighted by molar-refractivity contribution is 0.0869. The van der Waals surface area contributed by atoms with E-state index in [-0.39, 0.29) is 12.5 Å². The molecule has 4 N–H and O–H groups in total. The minimum Gasteiger partial charge on any atom is -0.390 e. The number of nitrogen functional groups attached to an aromatic ring is 1. The molecule has 1 amide bonds. The van der Waals surface area contributed by atoms with Crippen molar-refractivity contribution in [1.82, 2.24) is 20.2 Å². The summed E-state index contributed by atoms with van der Waals surface area (Å²) >= 11 is 0. The van der Waals surface area contributed by atoms with E-state index < -0.39 is 6.10 Å². The first-order chi connectivity index (χ1) is 15.0. The molecule has 0 saturated carbocycles. The largest absolute Gasteiger partial charge is 0.390 e. The third kappa shape index (κ3) is 5.79. The van der Waals surface area contributed by atoms with Gasteiger partial charge in [0.05, 0.1) is 23.4 Å². The number of nitrogens with one attached hydrogen (secondary N) is 1. The topological polar surface area (TPSA) is 104 Å². The van der Waals surface area contributed by atoms with E-state index >= 15 is 0 Å². The SMILES string of the molecule is CCN(CC)CC(O)CNC(=O)c1ccc(C#Cc2c(N)ncc3ncccc23)cc1. The number of hydrogen-bond donors (Lipinski definition) is 3. The molecule has 0 radical (unpaired) electrons. The summed E-state index contributed by atoms with van der Waals surface area (Å²) in [7, 11) is 0. The lowest BCUT2D eigenvalue weighted by Gasteiger charge is -2.22. The van der Waals surface area contributed by atoms with Gasteiger partial charge >= 0.3 is 0 Å². The Bertz CT molecular complexity index is 1100. The first-order valence-corrected chi connectivity index (χ1v) is 10.3. The Morgan fingerprint density at radius 1 is 1.16 bits per heavy atom. The highest BCUT2D eigenvalue weighted by atomic mass is 16.3. The van der Waals surface area contributed by atoms with Gasteiger partial charge in [-0.15, -0.1) is 0 Å². The number of pyridine rings is 2. The van der Waals surface area contributed by atoms with Gasteiger partial charge in [0.2, 0.25) is 0 Å². The Hall–Kier alpha value is -3.47. The molecule has 0 saturated heterocycles. The first-order valence-electron chi connectivity index (χ1n) is 10.3. The van der Waals surface area contributed by atoms with Crippen molar-refractivity contribution in [2.24, 2.45) is 0 Å². The van der Waals surface area contributed by atoms with E-state index in [1.165, 1.54) is 0 Å². The number of hydrogen-bond acceptors (Lipinski definition) is 6. The van der Waals surface area contributed by atoms with Crippen molar-refractivity contribution in [3.8, 4) is 11.8 Å². The predicted octanol–water partition coefficient (Wildman–Crippen LogP) is 2.04. The number of benzene rings is 1. The number of fused-ring (bicyclic) bond motifs is 1. The van der Waals surface area contributed by atoms with Crippen LogP contribution in [-0.2, 0) is 0 Å². The fourth-order valence-electron chi connectivity index (χ4n) is 3.19. The van der Waals surface area contributed by atoms with Crippen LogP contribution in [0.3, 0.4) is 0 Å². The van der Waals surface area contributed by atoms with Crippen LogP contribution in [0.4, 0.5) is 5.82 Å². The minimum atomic E-state index is -0.608. The molecule has 31 heavy (non-hydrogen) atoms. The molecular formula is C24H27N5O2. The van der Waals surface area contributed by atoms with Crippen molar-refractivity contribution in [2.75, 3.05) is 31.9 Å². The molecule has 1 aromatic carbocycles. The van der Waals surface area contributed by atoms with Crippen LogP contribution in [0.25, 0.3) is 10.9 Å². The number of carbonyl (C=O) groups excluding carboxylic acids is 1. The average Bonchev–Trinajstić information content (AvgIpc) is 2.80. The second-order valence-electron chi connectivity index (χ2n) is 7.13. The van der Waals surface area contributed by atoms with Gasteiger partial charge in [-0.2, -0.15) is 0 Å². The van der Waals surface area contributed by atoms with E-state index in [0.29, 0.717) is 23.5 Å². The number of anilines is 1. The molecule has 3 rings (SSSR count). The Morgan fingerprint density at radius 3 is 2.61 bits per heavy atom. The molecule has 7 nitrogen and oxygen atoms in total. The van der Waals surface area contributed by atoms with E-state index in [1.54, 1.807) is 36.7 Å². The molecule has 0 spiro atoms. The summed E-state index contributed by atoms with van der Waals surface area (Å²) in [5.74, 6) is 6.27. The van der Waals surface area contributed by atoms with Crippen LogP contribution in [0.5, 0.6) is 0 Å². The third-order valence-electron chi connectivity index (χ3n) is 5.03. The second kappa shape index (κ2) is 10.5. The smallest absolute Gasteiger partial charge is 0.251 e. The Labute approximate surface area is 182 Å².